The maximum Gasteiger partial charge on any atom is 0.251 e. The molecule has 33 heavy (non-hydrogen) atoms. The molecule has 7 heteroatoms. The summed E-state index contributed by atoms with van der Waals surface area (Å²) in [5, 5.41) is 6.57. The van der Waals surface area contributed by atoms with Gasteiger partial charge in [0.05, 0.1) is 24.2 Å². The second-order valence-electron chi connectivity index (χ2n) is 8.83. The molecule has 6 nitrogen and oxygen atoms in total. The minimum Gasteiger partial charge on any atom is -0.489 e. The molecule has 2 aromatic rings. The molecule has 2 aliphatic heterocycles. The summed E-state index contributed by atoms with van der Waals surface area (Å²) < 4.78 is 6.25. The molecule has 5 rings (SSSR count). The van der Waals surface area contributed by atoms with Gasteiger partial charge in [-0.3, -0.25) is 9.59 Å². The zero-order valence-electron chi connectivity index (χ0n) is 18.4. The fourth-order valence-corrected chi connectivity index (χ4v) is 5.50. The Morgan fingerprint density at radius 3 is 2.64 bits per heavy atom. The number of halogens is 1. The largest absolute Gasteiger partial charge is 0.489 e. The third kappa shape index (κ3) is 4.20. The van der Waals surface area contributed by atoms with Crippen LogP contribution < -0.4 is 15.4 Å². The Balaban J connectivity index is 1.60. The number of benzene rings is 2. The van der Waals surface area contributed by atoms with Crippen LogP contribution >= 0.6 is 11.6 Å². The van der Waals surface area contributed by atoms with Crippen molar-refractivity contribution < 1.29 is 14.3 Å². The Morgan fingerprint density at radius 1 is 1.06 bits per heavy atom. The molecule has 2 heterocycles. The van der Waals surface area contributed by atoms with Crippen molar-refractivity contribution in [1.82, 2.24) is 15.5 Å². The molecule has 1 aliphatic carbocycles. The quantitative estimate of drug-likeness (QED) is 0.661. The third-order valence-electron chi connectivity index (χ3n) is 6.85. The lowest BCUT2D eigenvalue weighted by Crippen LogP contribution is -2.54. The van der Waals surface area contributed by atoms with E-state index in [2.05, 4.69) is 10.6 Å². The summed E-state index contributed by atoms with van der Waals surface area (Å²) in [6.45, 7) is 0.847. The van der Waals surface area contributed by atoms with Gasteiger partial charge in [0.2, 0.25) is 5.91 Å². The molecular weight excluding hydrogens is 438 g/mol. The maximum absolute atomic E-state index is 13.3. The fourth-order valence-electron chi connectivity index (χ4n) is 5.36. The lowest BCUT2D eigenvalue weighted by molar-refractivity contribution is -0.134. The van der Waals surface area contributed by atoms with Crippen LogP contribution in [0.25, 0.3) is 0 Å². The van der Waals surface area contributed by atoms with Crippen LogP contribution in [-0.2, 0) is 16.2 Å². The number of nitrogens with one attached hydrogen (secondary N) is 2. The molecule has 0 radical (unpaired) electrons. The van der Waals surface area contributed by atoms with Gasteiger partial charge in [0.1, 0.15) is 18.2 Å². The van der Waals surface area contributed by atoms with Gasteiger partial charge in [-0.25, -0.2) is 0 Å². The number of ether oxygens (including phenoxy) is 1. The van der Waals surface area contributed by atoms with E-state index >= 15 is 0 Å². The van der Waals surface area contributed by atoms with E-state index in [0.29, 0.717) is 24.5 Å². The molecule has 1 saturated carbocycles. The van der Waals surface area contributed by atoms with Crippen LogP contribution in [0.4, 0.5) is 0 Å². The van der Waals surface area contributed by atoms with Crippen molar-refractivity contribution in [2.45, 2.75) is 50.4 Å². The molecule has 0 aromatic heterocycles. The van der Waals surface area contributed by atoms with Gasteiger partial charge in [0.15, 0.2) is 0 Å². The second-order valence-corrected chi connectivity index (χ2v) is 9.09. The first-order valence-electron chi connectivity index (χ1n) is 11.6. The van der Waals surface area contributed by atoms with Crippen LogP contribution in [0.2, 0.25) is 0 Å². The van der Waals surface area contributed by atoms with Crippen LogP contribution in [0.3, 0.4) is 0 Å². The van der Waals surface area contributed by atoms with Crippen LogP contribution in [0.5, 0.6) is 5.75 Å². The van der Waals surface area contributed by atoms with E-state index in [1.54, 1.807) is 0 Å². The summed E-state index contributed by atoms with van der Waals surface area (Å²) in [7, 11) is 0. The Bertz CT molecular complexity index is 1070. The topological polar surface area (TPSA) is 70.7 Å². The van der Waals surface area contributed by atoms with E-state index in [-0.39, 0.29) is 29.8 Å². The van der Waals surface area contributed by atoms with Crippen LogP contribution in [0.1, 0.15) is 42.9 Å². The Kier molecular flexibility index (Phi) is 6.27. The van der Waals surface area contributed by atoms with E-state index in [1.807, 2.05) is 59.5 Å². The number of para-hydroxylation sites is 1. The summed E-state index contributed by atoms with van der Waals surface area (Å²) in [6, 6.07) is 17.2. The average molecular weight is 466 g/mol. The number of carbonyl (C=O) groups is 2. The standard InChI is InChI=1S/C26H28ClN3O3/c27-14-23(31)30-21-12-6-5-11-19(21)29-20-15-28-26(32)24(20)25(30)18-10-4-7-13-22(18)33-16-17-8-2-1-3-9-17/h1-4,7-10,13,19,21,25,29H,5-6,11-12,14-16H2,(H,28,32)/t19-,21-,25-/m1/s1. The molecule has 0 bridgehead atoms. The SMILES string of the molecule is O=C1NCC2=C1[C@@H](c1ccccc1OCc1ccccc1)N(C(=O)CCl)[C@@H]1CCCC[C@H]1N2. The van der Waals surface area contributed by atoms with Crippen molar-refractivity contribution >= 4 is 23.4 Å². The normalized spacial score (nSPS) is 24.3. The molecule has 3 atom stereocenters. The van der Waals surface area contributed by atoms with Gasteiger partial charge in [0.25, 0.3) is 5.91 Å². The van der Waals surface area contributed by atoms with Crippen molar-refractivity contribution in [3.05, 3.63) is 77.0 Å². The first-order valence-corrected chi connectivity index (χ1v) is 12.1. The molecule has 2 N–H and O–H groups in total. The van der Waals surface area contributed by atoms with Crippen molar-refractivity contribution in [1.29, 1.82) is 0 Å². The number of nitrogens with zero attached hydrogens (tertiary/aromatic N) is 1. The van der Waals surface area contributed by atoms with E-state index in [4.69, 9.17) is 16.3 Å². The molecule has 3 aliphatic rings. The van der Waals surface area contributed by atoms with Gasteiger partial charge >= 0.3 is 0 Å². The molecule has 0 saturated heterocycles. The first-order chi connectivity index (χ1) is 16.2. The van der Waals surface area contributed by atoms with E-state index in [0.717, 1.165) is 42.5 Å². The summed E-state index contributed by atoms with van der Waals surface area (Å²) in [6.07, 6.45) is 3.99. The number of hydrogen-bond acceptors (Lipinski definition) is 4. The van der Waals surface area contributed by atoms with Crippen LogP contribution in [0, 0.1) is 0 Å². The predicted octanol–water partition coefficient (Wildman–Crippen LogP) is 3.67. The number of hydrogen-bond donors (Lipinski definition) is 2. The molecule has 0 unspecified atom stereocenters. The summed E-state index contributed by atoms with van der Waals surface area (Å²) in [5.74, 6) is 0.231. The lowest BCUT2D eigenvalue weighted by Gasteiger charge is -2.42. The molecule has 0 spiro atoms. The smallest absolute Gasteiger partial charge is 0.251 e. The highest BCUT2D eigenvalue weighted by Crippen LogP contribution is 2.43. The van der Waals surface area contributed by atoms with Crippen molar-refractivity contribution in [3.63, 3.8) is 0 Å². The van der Waals surface area contributed by atoms with Gasteiger partial charge < -0.3 is 20.3 Å². The van der Waals surface area contributed by atoms with Crippen molar-refractivity contribution in [3.8, 4) is 5.75 Å². The highest BCUT2D eigenvalue weighted by Gasteiger charge is 2.46. The zero-order valence-corrected chi connectivity index (χ0v) is 19.2. The van der Waals surface area contributed by atoms with E-state index in [9.17, 15) is 9.59 Å². The Morgan fingerprint density at radius 2 is 1.82 bits per heavy atom. The first kappa shape index (κ1) is 21.8. The molecule has 2 amide bonds. The fraction of sp³-hybridized carbons (Fsp3) is 0.385. The zero-order chi connectivity index (χ0) is 22.8. The van der Waals surface area contributed by atoms with Crippen molar-refractivity contribution in [2.24, 2.45) is 0 Å². The number of carbonyl (C=O) groups excluding carboxylic acids is 2. The van der Waals surface area contributed by atoms with Crippen LogP contribution in [0.15, 0.2) is 65.9 Å². The minimum atomic E-state index is -0.554. The summed E-state index contributed by atoms with van der Waals surface area (Å²) in [5.41, 5.74) is 3.34. The Labute approximate surface area is 198 Å². The maximum atomic E-state index is 13.3. The Hall–Kier alpha value is -2.99. The minimum absolute atomic E-state index is 0.0319. The van der Waals surface area contributed by atoms with E-state index in [1.165, 1.54) is 0 Å². The number of alkyl halides is 1. The van der Waals surface area contributed by atoms with Gasteiger partial charge in [0, 0.05) is 17.3 Å². The van der Waals surface area contributed by atoms with Crippen LogP contribution in [-0.4, -0.2) is 41.2 Å². The lowest BCUT2D eigenvalue weighted by atomic mass is 9.87. The highest BCUT2D eigenvalue weighted by atomic mass is 35.5. The predicted molar refractivity (Wildman–Crippen MR) is 127 cm³/mol. The van der Waals surface area contributed by atoms with Gasteiger partial charge in [-0.05, 0) is 24.5 Å². The number of amides is 2. The summed E-state index contributed by atoms with van der Waals surface area (Å²) >= 11 is 6.12. The molecular formula is C26H28ClN3O3. The second kappa shape index (κ2) is 9.48. The third-order valence-corrected chi connectivity index (χ3v) is 7.08. The number of rotatable bonds is 5. The van der Waals surface area contributed by atoms with Gasteiger partial charge in [-0.15, -0.1) is 11.6 Å². The van der Waals surface area contributed by atoms with Crippen molar-refractivity contribution in [2.75, 3.05) is 12.4 Å². The van der Waals surface area contributed by atoms with E-state index < -0.39 is 6.04 Å². The highest BCUT2D eigenvalue weighted by molar-refractivity contribution is 6.27. The summed E-state index contributed by atoms with van der Waals surface area (Å²) in [4.78, 5) is 28.3. The molecule has 2 aromatic carbocycles. The van der Waals surface area contributed by atoms with Gasteiger partial charge in [-0.2, -0.15) is 0 Å². The average Bonchev–Trinajstić information content (AvgIpc) is 3.13. The molecule has 1 fully saturated rings. The molecule has 172 valence electrons. The number of fused-ring (bicyclic) bond motifs is 1. The van der Waals surface area contributed by atoms with Gasteiger partial charge in [-0.1, -0.05) is 61.4 Å². The monoisotopic (exact) mass is 465 g/mol.